The molecule has 0 saturated carbocycles. The van der Waals surface area contributed by atoms with Crippen LogP contribution in [0.4, 0.5) is 16.2 Å². The third kappa shape index (κ3) is 4.37. The van der Waals surface area contributed by atoms with Gasteiger partial charge in [0.25, 0.3) is 0 Å². The third-order valence-corrected chi connectivity index (χ3v) is 5.32. The summed E-state index contributed by atoms with van der Waals surface area (Å²) in [6.07, 6.45) is 1.36. The van der Waals surface area contributed by atoms with Crippen LogP contribution in [-0.2, 0) is 10.3 Å². The molecule has 0 spiro atoms. The van der Waals surface area contributed by atoms with Gasteiger partial charge in [-0.2, -0.15) is 0 Å². The molecule has 2 aromatic carbocycles. The minimum absolute atomic E-state index is 0.0702. The normalized spacial score (nSPS) is 14.4. The number of carbonyl (C=O) groups excluding carboxylic acids is 2. The van der Waals surface area contributed by atoms with Gasteiger partial charge in [0, 0.05) is 13.0 Å². The number of urea groups is 1. The Hall–Kier alpha value is -2.24. The van der Waals surface area contributed by atoms with E-state index in [0.717, 1.165) is 12.0 Å². The van der Waals surface area contributed by atoms with Crippen LogP contribution < -0.4 is 15.5 Å². The molecule has 0 aliphatic carbocycles. The van der Waals surface area contributed by atoms with Crippen LogP contribution in [0, 0.1) is 0 Å². The predicted molar refractivity (Wildman–Crippen MR) is 110 cm³/mol. The van der Waals surface area contributed by atoms with Crippen LogP contribution in [0.1, 0.15) is 32.3 Å². The van der Waals surface area contributed by atoms with Gasteiger partial charge in [0.2, 0.25) is 5.91 Å². The van der Waals surface area contributed by atoms with Gasteiger partial charge >= 0.3 is 6.03 Å². The van der Waals surface area contributed by atoms with Crippen molar-refractivity contribution in [2.24, 2.45) is 0 Å². The molecule has 0 aromatic heterocycles. The standard InChI is InChI=1S/C20H21Cl2N3O2/c1-20(2,13-9-10-14(21)15(22)12-13)24-19(27)23-16-6-3-4-7-17(16)25-11-5-8-18(25)26/h3-4,6-7,9-10,12H,5,8,11H2,1-2H3,(H2,23,24,27). The van der Waals surface area contributed by atoms with Crippen LogP contribution >= 0.6 is 23.2 Å². The van der Waals surface area contributed by atoms with Crippen LogP contribution in [0.3, 0.4) is 0 Å². The highest BCUT2D eigenvalue weighted by molar-refractivity contribution is 6.42. The second-order valence-corrected chi connectivity index (χ2v) is 7.81. The number of para-hydroxylation sites is 2. The number of rotatable bonds is 4. The van der Waals surface area contributed by atoms with E-state index >= 15 is 0 Å². The first-order chi connectivity index (χ1) is 12.8. The SMILES string of the molecule is CC(C)(NC(=O)Nc1ccccc1N1CCCC1=O)c1ccc(Cl)c(Cl)c1. The summed E-state index contributed by atoms with van der Waals surface area (Å²) in [7, 11) is 0. The summed E-state index contributed by atoms with van der Waals surface area (Å²) in [5, 5.41) is 6.69. The largest absolute Gasteiger partial charge is 0.329 e. The van der Waals surface area contributed by atoms with Crippen molar-refractivity contribution in [3.8, 4) is 0 Å². The first-order valence-corrected chi connectivity index (χ1v) is 9.47. The van der Waals surface area contributed by atoms with Gasteiger partial charge < -0.3 is 15.5 Å². The number of anilines is 2. The summed E-state index contributed by atoms with van der Waals surface area (Å²) in [6, 6.07) is 12.2. The molecule has 3 rings (SSSR count). The molecule has 0 atom stereocenters. The zero-order chi connectivity index (χ0) is 19.6. The van der Waals surface area contributed by atoms with E-state index in [-0.39, 0.29) is 11.9 Å². The Balaban J connectivity index is 1.76. The highest BCUT2D eigenvalue weighted by Crippen LogP contribution is 2.31. The topological polar surface area (TPSA) is 61.4 Å². The molecular weight excluding hydrogens is 385 g/mol. The zero-order valence-corrected chi connectivity index (χ0v) is 16.7. The zero-order valence-electron chi connectivity index (χ0n) is 15.2. The number of nitrogens with zero attached hydrogens (tertiary/aromatic N) is 1. The number of halogens is 2. The average molecular weight is 406 g/mol. The second kappa shape index (κ2) is 7.79. The molecular formula is C20H21Cl2N3O2. The fourth-order valence-corrected chi connectivity index (χ4v) is 3.41. The lowest BCUT2D eigenvalue weighted by molar-refractivity contribution is -0.117. The van der Waals surface area contributed by atoms with E-state index in [9.17, 15) is 9.59 Å². The van der Waals surface area contributed by atoms with Gasteiger partial charge in [-0.25, -0.2) is 4.79 Å². The summed E-state index contributed by atoms with van der Waals surface area (Å²) >= 11 is 12.1. The fourth-order valence-electron chi connectivity index (χ4n) is 3.11. The molecule has 2 aromatic rings. The summed E-state index contributed by atoms with van der Waals surface area (Å²) in [4.78, 5) is 26.4. The molecule has 3 amide bonds. The quantitative estimate of drug-likeness (QED) is 0.735. The molecule has 2 N–H and O–H groups in total. The van der Waals surface area contributed by atoms with Crippen molar-refractivity contribution < 1.29 is 9.59 Å². The third-order valence-electron chi connectivity index (χ3n) is 4.58. The van der Waals surface area contributed by atoms with E-state index in [1.165, 1.54) is 0 Å². The molecule has 0 unspecified atom stereocenters. The van der Waals surface area contributed by atoms with Crippen LogP contribution in [-0.4, -0.2) is 18.5 Å². The molecule has 27 heavy (non-hydrogen) atoms. The van der Waals surface area contributed by atoms with E-state index in [4.69, 9.17) is 23.2 Å². The second-order valence-electron chi connectivity index (χ2n) is 7.00. The highest BCUT2D eigenvalue weighted by Gasteiger charge is 2.26. The Morgan fingerprint density at radius 1 is 1.11 bits per heavy atom. The molecule has 5 nitrogen and oxygen atoms in total. The van der Waals surface area contributed by atoms with Crippen molar-refractivity contribution in [2.75, 3.05) is 16.8 Å². The van der Waals surface area contributed by atoms with Crippen molar-refractivity contribution in [2.45, 2.75) is 32.2 Å². The Bertz CT molecular complexity index is 883. The number of hydrogen-bond acceptors (Lipinski definition) is 2. The summed E-state index contributed by atoms with van der Waals surface area (Å²) in [5.41, 5.74) is 1.46. The number of carbonyl (C=O) groups is 2. The van der Waals surface area contributed by atoms with Crippen molar-refractivity contribution in [3.05, 3.63) is 58.1 Å². The Labute approximate surface area is 168 Å². The lowest BCUT2D eigenvalue weighted by Gasteiger charge is -2.28. The molecule has 1 aliphatic heterocycles. The summed E-state index contributed by atoms with van der Waals surface area (Å²) in [5.74, 6) is 0.0702. The number of benzene rings is 2. The average Bonchev–Trinajstić information content (AvgIpc) is 3.03. The molecule has 1 heterocycles. The summed E-state index contributed by atoms with van der Waals surface area (Å²) in [6.45, 7) is 4.41. The Kier molecular flexibility index (Phi) is 5.63. The van der Waals surface area contributed by atoms with Crippen LogP contribution in [0.2, 0.25) is 10.0 Å². The Morgan fingerprint density at radius 2 is 1.85 bits per heavy atom. The highest BCUT2D eigenvalue weighted by atomic mass is 35.5. The summed E-state index contributed by atoms with van der Waals surface area (Å²) < 4.78 is 0. The van der Waals surface area contributed by atoms with Crippen molar-refractivity contribution in [1.29, 1.82) is 0 Å². The fraction of sp³-hybridized carbons (Fsp3) is 0.300. The van der Waals surface area contributed by atoms with Gasteiger partial charge in [-0.3, -0.25) is 4.79 Å². The van der Waals surface area contributed by atoms with E-state index in [2.05, 4.69) is 10.6 Å². The molecule has 142 valence electrons. The van der Waals surface area contributed by atoms with Crippen LogP contribution in [0.5, 0.6) is 0 Å². The van der Waals surface area contributed by atoms with Crippen LogP contribution in [0.25, 0.3) is 0 Å². The van der Waals surface area contributed by atoms with Gasteiger partial charge in [0.1, 0.15) is 0 Å². The maximum Gasteiger partial charge on any atom is 0.319 e. The molecule has 7 heteroatoms. The Morgan fingerprint density at radius 3 is 2.52 bits per heavy atom. The number of hydrogen-bond donors (Lipinski definition) is 2. The minimum Gasteiger partial charge on any atom is -0.329 e. The molecule has 1 saturated heterocycles. The van der Waals surface area contributed by atoms with Gasteiger partial charge in [-0.15, -0.1) is 0 Å². The number of amides is 3. The van der Waals surface area contributed by atoms with Crippen molar-refractivity contribution in [3.63, 3.8) is 0 Å². The first kappa shape index (κ1) is 19.5. The lowest BCUT2D eigenvalue weighted by atomic mass is 9.94. The monoisotopic (exact) mass is 405 g/mol. The van der Waals surface area contributed by atoms with E-state index in [1.54, 1.807) is 23.1 Å². The smallest absolute Gasteiger partial charge is 0.319 e. The van der Waals surface area contributed by atoms with Crippen molar-refractivity contribution >= 4 is 46.5 Å². The van der Waals surface area contributed by atoms with Crippen molar-refractivity contribution in [1.82, 2.24) is 5.32 Å². The predicted octanol–water partition coefficient (Wildman–Crippen LogP) is 5.18. The van der Waals surface area contributed by atoms with E-state index < -0.39 is 5.54 Å². The molecule has 1 fully saturated rings. The molecule has 1 aliphatic rings. The molecule has 0 bridgehead atoms. The first-order valence-electron chi connectivity index (χ1n) is 8.72. The molecule has 0 radical (unpaired) electrons. The lowest BCUT2D eigenvalue weighted by Crippen LogP contribution is -2.43. The van der Waals surface area contributed by atoms with Gasteiger partial charge in [0.05, 0.1) is 27.0 Å². The van der Waals surface area contributed by atoms with E-state index in [0.29, 0.717) is 34.4 Å². The van der Waals surface area contributed by atoms with Gasteiger partial charge in [0.15, 0.2) is 0 Å². The van der Waals surface area contributed by atoms with Gasteiger partial charge in [-0.1, -0.05) is 41.4 Å². The van der Waals surface area contributed by atoms with Crippen LogP contribution in [0.15, 0.2) is 42.5 Å². The van der Waals surface area contributed by atoms with E-state index in [1.807, 2.05) is 38.1 Å². The minimum atomic E-state index is -0.670. The maximum atomic E-state index is 12.6. The van der Waals surface area contributed by atoms with Gasteiger partial charge in [-0.05, 0) is 50.1 Å². The maximum absolute atomic E-state index is 12.6. The number of nitrogens with one attached hydrogen (secondary N) is 2.